The summed E-state index contributed by atoms with van der Waals surface area (Å²) in [6, 6.07) is 5.66. The number of methoxy groups -OCH3 is 2. The molecule has 0 saturated carbocycles. The van der Waals surface area contributed by atoms with Crippen molar-refractivity contribution in [2.24, 2.45) is 0 Å². The Morgan fingerprint density at radius 3 is 2.77 bits per heavy atom. The average molecular weight is 323 g/mol. The summed E-state index contributed by atoms with van der Waals surface area (Å²) >= 11 is 1.31. The molecule has 22 heavy (non-hydrogen) atoms. The molecule has 0 aliphatic heterocycles. The molecule has 0 unspecified atom stereocenters. The molecule has 0 saturated heterocycles. The molecular formula is C14H17N3O4S. The first kappa shape index (κ1) is 16.2. The topological polar surface area (TPSA) is 97.3 Å². The van der Waals surface area contributed by atoms with Crippen LogP contribution in [0.1, 0.15) is 17.8 Å². The first-order chi connectivity index (χ1) is 10.6. The van der Waals surface area contributed by atoms with Crippen LogP contribution in [0.2, 0.25) is 0 Å². The normalized spacial score (nSPS) is 10.5. The van der Waals surface area contributed by atoms with Gasteiger partial charge in [0.05, 0.1) is 20.6 Å². The quantitative estimate of drug-likeness (QED) is 0.717. The highest BCUT2D eigenvalue weighted by Crippen LogP contribution is 2.28. The van der Waals surface area contributed by atoms with Crippen molar-refractivity contribution in [3.8, 4) is 11.5 Å². The zero-order valence-electron chi connectivity index (χ0n) is 12.3. The maximum Gasteiger partial charge on any atom is 0.304 e. The third-order valence-corrected chi connectivity index (χ3v) is 3.73. The summed E-state index contributed by atoms with van der Waals surface area (Å²) in [5, 5.41) is 16.1. The van der Waals surface area contributed by atoms with E-state index in [1.165, 1.54) is 11.8 Å². The lowest BCUT2D eigenvalue weighted by atomic mass is 10.1. The van der Waals surface area contributed by atoms with Crippen LogP contribution in [0.25, 0.3) is 0 Å². The van der Waals surface area contributed by atoms with Crippen LogP contribution in [0.15, 0.2) is 23.4 Å². The van der Waals surface area contributed by atoms with E-state index in [1.54, 1.807) is 14.2 Å². The highest BCUT2D eigenvalue weighted by molar-refractivity contribution is 7.99. The number of thioether (sulfide) groups is 1. The summed E-state index contributed by atoms with van der Waals surface area (Å²) in [4.78, 5) is 14.8. The van der Waals surface area contributed by atoms with Crippen LogP contribution in [0, 0.1) is 0 Å². The van der Waals surface area contributed by atoms with Gasteiger partial charge in [-0.25, -0.2) is 4.98 Å². The van der Waals surface area contributed by atoms with Gasteiger partial charge in [-0.2, -0.15) is 0 Å². The molecule has 8 heteroatoms. The number of carboxylic acid groups (broad SMARTS) is 1. The van der Waals surface area contributed by atoms with E-state index >= 15 is 0 Å². The zero-order valence-corrected chi connectivity index (χ0v) is 13.1. The van der Waals surface area contributed by atoms with Crippen molar-refractivity contribution >= 4 is 17.7 Å². The lowest BCUT2D eigenvalue weighted by Crippen LogP contribution is -1.96. The lowest BCUT2D eigenvalue weighted by molar-refractivity contribution is -0.136. The number of aromatic nitrogens is 3. The van der Waals surface area contributed by atoms with Crippen LogP contribution in [-0.4, -0.2) is 46.2 Å². The second kappa shape index (κ2) is 7.69. The smallest absolute Gasteiger partial charge is 0.304 e. The van der Waals surface area contributed by atoms with Crippen LogP contribution in [0.3, 0.4) is 0 Å². The molecule has 1 aromatic carbocycles. The van der Waals surface area contributed by atoms with Crippen LogP contribution in [0.5, 0.6) is 11.5 Å². The highest BCUT2D eigenvalue weighted by atomic mass is 32.2. The van der Waals surface area contributed by atoms with Gasteiger partial charge in [-0.1, -0.05) is 17.8 Å². The van der Waals surface area contributed by atoms with Gasteiger partial charge < -0.3 is 14.6 Å². The Hall–Kier alpha value is -2.22. The van der Waals surface area contributed by atoms with Crippen LogP contribution in [0.4, 0.5) is 0 Å². The minimum atomic E-state index is -0.825. The molecular weight excluding hydrogens is 306 g/mol. The van der Waals surface area contributed by atoms with Gasteiger partial charge in [0.25, 0.3) is 0 Å². The van der Waals surface area contributed by atoms with Crippen molar-refractivity contribution < 1.29 is 19.4 Å². The van der Waals surface area contributed by atoms with E-state index in [0.29, 0.717) is 34.7 Å². The first-order valence-corrected chi connectivity index (χ1v) is 7.57. The molecule has 1 heterocycles. The van der Waals surface area contributed by atoms with Gasteiger partial charge in [-0.3, -0.25) is 9.89 Å². The lowest BCUT2D eigenvalue weighted by Gasteiger charge is -2.08. The Morgan fingerprint density at radius 1 is 1.32 bits per heavy atom. The molecule has 118 valence electrons. The van der Waals surface area contributed by atoms with E-state index in [1.807, 2.05) is 18.2 Å². The summed E-state index contributed by atoms with van der Waals surface area (Å²) < 4.78 is 10.5. The Bertz CT molecular complexity index is 645. The van der Waals surface area contributed by atoms with Gasteiger partial charge >= 0.3 is 5.97 Å². The van der Waals surface area contributed by atoms with E-state index in [0.717, 1.165) is 5.56 Å². The molecule has 2 rings (SSSR count). The standard InChI is InChI=1S/C14H17N3O4S/c1-20-10-4-3-9(7-11(10)21-2)8-12-15-14(17-16-12)22-6-5-13(18)19/h3-4,7H,5-6,8H2,1-2H3,(H,18,19)(H,15,16,17). The van der Waals surface area contributed by atoms with Crippen LogP contribution >= 0.6 is 11.8 Å². The summed E-state index contributed by atoms with van der Waals surface area (Å²) in [7, 11) is 3.18. The average Bonchev–Trinajstić information content (AvgIpc) is 2.94. The molecule has 0 spiro atoms. The Kier molecular flexibility index (Phi) is 5.65. The number of carbonyl (C=O) groups is 1. The molecule has 0 amide bonds. The number of aliphatic carboxylic acids is 1. The number of aromatic amines is 1. The molecule has 0 radical (unpaired) electrons. The number of nitrogens with zero attached hydrogens (tertiary/aromatic N) is 2. The van der Waals surface area contributed by atoms with E-state index in [4.69, 9.17) is 14.6 Å². The predicted molar refractivity (Wildman–Crippen MR) is 81.7 cm³/mol. The molecule has 2 aromatic rings. The van der Waals surface area contributed by atoms with Gasteiger partial charge in [0, 0.05) is 12.2 Å². The van der Waals surface area contributed by atoms with Gasteiger partial charge in [-0.05, 0) is 17.7 Å². The SMILES string of the molecule is COc1ccc(Cc2nc(SCCC(=O)O)n[nH]2)cc1OC. The minimum absolute atomic E-state index is 0.0875. The largest absolute Gasteiger partial charge is 0.493 e. The third kappa shape index (κ3) is 4.39. The second-order valence-electron chi connectivity index (χ2n) is 4.42. The minimum Gasteiger partial charge on any atom is -0.493 e. The van der Waals surface area contributed by atoms with Crippen molar-refractivity contribution in [2.45, 2.75) is 18.0 Å². The zero-order chi connectivity index (χ0) is 15.9. The predicted octanol–water partition coefficient (Wildman–Crippen LogP) is 1.98. The fraction of sp³-hybridized carbons (Fsp3) is 0.357. The van der Waals surface area contributed by atoms with E-state index in [2.05, 4.69) is 15.2 Å². The summed E-state index contributed by atoms with van der Waals surface area (Å²) in [6.07, 6.45) is 0.664. The maximum atomic E-state index is 10.5. The number of hydrogen-bond acceptors (Lipinski definition) is 6. The molecule has 7 nitrogen and oxygen atoms in total. The number of ether oxygens (including phenoxy) is 2. The molecule has 1 aromatic heterocycles. The van der Waals surface area contributed by atoms with Crippen LogP contribution < -0.4 is 9.47 Å². The molecule has 0 bridgehead atoms. The van der Waals surface area contributed by atoms with E-state index in [-0.39, 0.29) is 6.42 Å². The fourth-order valence-corrected chi connectivity index (χ4v) is 2.58. The number of carboxylic acids is 1. The van der Waals surface area contributed by atoms with Crippen molar-refractivity contribution in [1.29, 1.82) is 0 Å². The maximum absolute atomic E-state index is 10.5. The number of H-pyrrole nitrogens is 1. The van der Waals surface area contributed by atoms with Gasteiger partial charge in [0.15, 0.2) is 11.5 Å². The number of benzene rings is 1. The van der Waals surface area contributed by atoms with Crippen molar-refractivity contribution in [3.05, 3.63) is 29.6 Å². The van der Waals surface area contributed by atoms with Crippen molar-refractivity contribution in [1.82, 2.24) is 15.2 Å². The van der Waals surface area contributed by atoms with E-state index < -0.39 is 5.97 Å². The summed E-state index contributed by atoms with van der Waals surface area (Å²) in [5.74, 6) is 1.67. The molecule has 0 fully saturated rings. The summed E-state index contributed by atoms with van der Waals surface area (Å²) in [5.41, 5.74) is 1.01. The van der Waals surface area contributed by atoms with Crippen LogP contribution in [-0.2, 0) is 11.2 Å². The third-order valence-electron chi connectivity index (χ3n) is 2.88. The second-order valence-corrected chi connectivity index (χ2v) is 5.49. The van der Waals surface area contributed by atoms with Crippen molar-refractivity contribution in [2.75, 3.05) is 20.0 Å². The van der Waals surface area contributed by atoms with Gasteiger partial charge in [-0.15, -0.1) is 5.10 Å². The first-order valence-electron chi connectivity index (χ1n) is 6.59. The Labute approximate surface area is 132 Å². The molecule has 0 atom stereocenters. The number of rotatable bonds is 8. The summed E-state index contributed by atoms with van der Waals surface area (Å²) in [6.45, 7) is 0. The monoisotopic (exact) mass is 323 g/mol. The van der Waals surface area contributed by atoms with Gasteiger partial charge in [0.1, 0.15) is 5.82 Å². The Morgan fingerprint density at radius 2 is 2.09 bits per heavy atom. The molecule has 0 aliphatic rings. The highest BCUT2D eigenvalue weighted by Gasteiger charge is 2.09. The van der Waals surface area contributed by atoms with Crippen molar-refractivity contribution in [3.63, 3.8) is 0 Å². The fourth-order valence-electron chi connectivity index (χ4n) is 1.83. The van der Waals surface area contributed by atoms with Gasteiger partial charge in [0.2, 0.25) is 5.16 Å². The molecule has 2 N–H and O–H groups in total. The number of hydrogen-bond donors (Lipinski definition) is 2. The van der Waals surface area contributed by atoms with E-state index in [9.17, 15) is 4.79 Å². The number of nitrogens with one attached hydrogen (secondary N) is 1. The molecule has 0 aliphatic carbocycles. The Balaban J connectivity index is 1.99.